The molecule has 0 bridgehead atoms. The van der Waals surface area contributed by atoms with Gasteiger partial charge in [0.05, 0.1) is 18.9 Å². The van der Waals surface area contributed by atoms with Crippen molar-refractivity contribution < 1.29 is 19.1 Å². The highest BCUT2D eigenvalue weighted by Crippen LogP contribution is 2.34. The summed E-state index contributed by atoms with van der Waals surface area (Å²) in [7, 11) is 0. The van der Waals surface area contributed by atoms with Crippen molar-refractivity contribution in [3.05, 3.63) is 36.3 Å². The van der Waals surface area contributed by atoms with Crippen molar-refractivity contribution in [2.75, 3.05) is 0 Å². The Morgan fingerprint density at radius 1 is 1.27 bits per heavy atom. The Hall–Kier alpha value is -1.88. The summed E-state index contributed by atoms with van der Waals surface area (Å²) in [6.45, 7) is 2.60. The van der Waals surface area contributed by atoms with Gasteiger partial charge in [0.15, 0.2) is 0 Å². The van der Waals surface area contributed by atoms with E-state index < -0.39 is 0 Å². The summed E-state index contributed by atoms with van der Waals surface area (Å²) in [5.74, 6) is 1.59. The molecule has 3 unspecified atom stereocenters. The highest BCUT2D eigenvalue weighted by atomic mass is 16.3. The van der Waals surface area contributed by atoms with Gasteiger partial charge < -0.3 is 14.8 Å². The first-order chi connectivity index (χ1) is 14.6. The zero-order chi connectivity index (χ0) is 21.6. The number of hydrogen-bond acceptors (Lipinski definition) is 4. The first-order valence-corrected chi connectivity index (χ1v) is 11.8. The first kappa shape index (κ1) is 24.4. The molecular weight excluding hydrogens is 378 g/mol. The minimum absolute atomic E-state index is 0.0556. The molecule has 1 aromatic rings. The van der Waals surface area contributed by atoms with E-state index >= 15 is 0 Å². The van der Waals surface area contributed by atoms with Crippen LogP contribution in [-0.4, -0.2) is 22.9 Å². The molecule has 30 heavy (non-hydrogen) atoms. The Kier molecular flexibility index (Phi) is 11.5. The summed E-state index contributed by atoms with van der Waals surface area (Å²) < 4.78 is 5.20. The van der Waals surface area contributed by atoms with Gasteiger partial charge in [0.1, 0.15) is 11.5 Å². The maximum absolute atomic E-state index is 12.3. The molecule has 1 fully saturated rings. The second-order valence-electron chi connectivity index (χ2n) is 8.53. The van der Waals surface area contributed by atoms with E-state index in [2.05, 4.69) is 18.3 Å². The van der Waals surface area contributed by atoms with Crippen LogP contribution < -0.4 is 5.32 Å². The van der Waals surface area contributed by atoms with Gasteiger partial charge in [-0.2, -0.15) is 0 Å². The highest BCUT2D eigenvalue weighted by molar-refractivity contribution is 5.83. The number of nitrogens with one attached hydrogen (secondary N) is 1. The summed E-state index contributed by atoms with van der Waals surface area (Å²) >= 11 is 0. The average Bonchev–Trinajstić information content (AvgIpc) is 3.38. The second kappa shape index (κ2) is 14.2. The molecule has 0 saturated heterocycles. The van der Waals surface area contributed by atoms with E-state index in [9.17, 15) is 14.7 Å². The lowest BCUT2D eigenvalue weighted by molar-refractivity contribution is -0.122. The van der Waals surface area contributed by atoms with E-state index in [0.29, 0.717) is 25.2 Å². The maximum atomic E-state index is 12.3. The van der Waals surface area contributed by atoms with Crippen molar-refractivity contribution in [3.8, 4) is 0 Å². The second-order valence-corrected chi connectivity index (χ2v) is 8.53. The van der Waals surface area contributed by atoms with E-state index in [0.717, 1.165) is 70.0 Å². The molecule has 0 aromatic carbocycles. The third-order valence-corrected chi connectivity index (χ3v) is 6.05. The molecule has 0 aliphatic heterocycles. The van der Waals surface area contributed by atoms with E-state index in [1.807, 2.05) is 18.2 Å². The number of hydrogen-bond donors (Lipinski definition) is 2. The lowest BCUT2D eigenvalue weighted by Gasteiger charge is -2.15. The fourth-order valence-electron chi connectivity index (χ4n) is 4.20. The maximum Gasteiger partial charge on any atom is 0.220 e. The summed E-state index contributed by atoms with van der Waals surface area (Å²) in [6, 6.07) is 3.66. The Morgan fingerprint density at radius 2 is 2.10 bits per heavy atom. The topological polar surface area (TPSA) is 79.5 Å². The molecule has 0 radical (unpaired) electrons. The van der Waals surface area contributed by atoms with E-state index in [4.69, 9.17) is 4.42 Å². The van der Waals surface area contributed by atoms with Gasteiger partial charge in [-0.1, -0.05) is 57.6 Å². The number of unbranched alkanes of at least 4 members (excludes halogenated alkanes) is 5. The van der Waals surface area contributed by atoms with Crippen molar-refractivity contribution >= 4 is 11.7 Å². The summed E-state index contributed by atoms with van der Waals surface area (Å²) in [6.07, 6.45) is 16.4. The molecular formula is C25H39NO4. The molecule has 2 N–H and O–H groups in total. The monoisotopic (exact) mass is 417 g/mol. The minimum Gasteiger partial charge on any atom is -0.467 e. The van der Waals surface area contributed by atoms with E-state index in [1.54, 1.807) is 6.26 Å². The van der Waals surface area contributed by atoms with Gasteiger partial charge in [0.2, 0.25) is 5.91 Å². The molecule has 1 aliphatic carbocycles. The highest BCUT2D eigenvalue weighted by Gasteiger charge is 2.32. The molecule has 5 heteroatoms. The van der Waals surface area contributed by atoms with Crippen LogP contribution in [0, 0.1) is 11.8 Å². The number of rotatable bonds is 15. The Bertz CT molecular complexity index is 638. The van der Waals surface area contributed by atoms with Gasteiger partial charge in [-0.25, -0.2) is 0 Å². The van der Waals surface area contributed by atoms with Crippen LogP contribution in [0.15, 0.2) is 35.0 Å². The lowest BCUT2D eigenvalue weighted by Crippen LogP contribution is -2.22. The molecule has 0 spiro atoms. The van der Waals surface area contributed by atoms with Crippen molar-refractivity contribution in [3.63, 3.8) is 0 Å². The predicted molar refractivity (Wildman–Crippen MR) is 119 cm³/mol. The first-order valence-electron chi connectivity index (χ1n) is 11.8. The number of carbonyl (C=O) groups is 2. The normalized spacial score (nSPS) is 20.1. The van der Waals surface area contributed by atoms with Crippen molar-refractivity contribution in [1.29, 1.82) is 0 Å². The third-order valence-electron chi connectivity index (χ3n) is 6.05. The quantitative estimate of drug-likeness (QED) is 0.299. The van der Waals surface area contributed by atoms with Crippen molar-refractivity contribution in [2.45, 2.75) is 96.6 Å². The predicted octanol–water partition coefficient (Wildman–Crippen LogP) is 5.33. The van der Waals surface area contributed by atoms with Crippen LogP contribution in [0.4, 0.5) is 0 Å². The summed E-state index contributed by atoms with van der Waals surface area (Å²) in [5.41, 5.74) is 0. The number of carbonyl (C=O) groups excluding carboxylic acids is 2. The molecule has 1 saturated carbocycles. The smallest absolute Gasteiger partial charge is 0.220 e. The number of furan rings is 1. The molecule has 1 aromatic heterocycles. The van der Waals surface area contributed by atoms with E-state index in [1.165, 1.54) is 0 Å². The summed E-state index contributed by atoms with van der Waals surface area (Å²) in [5, 5.41) is 13.0. The fraction of sp³-hybridized carbons (Fsp3) is 0.680. The van der Waals surface area contributed by atoms with Crippen LogP contribution in [0.5, 0.6) is 0 Å². The van der Waals surface area contributed by atoms with Crippen LogP contribution in [0.2, 0.25) is 0 Å². The van der Waals surface area contributed by atoms with Crippen molar-refractivity contribution in [1.82, 2.24) is 5.32 Å². The molecule has 168 valence electrons. The van der Waals surface area contributed by atoms with Crippen LogP contribution in [0.3, 0.4) is 0 Å². The molecule has 3 atom stereocenters. The van der Waals surface area contributed by atoms with Gasteiger partial charge in [-0.3, -0.25) is 9.59 Å². The lowest BCUT2D eigenvalue weighted by atomic mass is 9.89. The van der Waals surface area contributed by atoms with Gasteiger partial charge in [0.25, 0.3) is 0 Å². The van der Waals surface area contributed by atoms with Crippen LogP contribution >= 0.6 is 0 Å². The van der Waals surface area contributed by atoms with E-state index in [-0.39, 0.29) is 23.8 Å². The fourth-order valence-corrected chi connectivity index (χ4v) is 4.20. The van der Waals surface area contributed by atoms with Crippen LogP contribution in [-0.2, 0) is 16.1 Å². The number of Topliss-reactive ketones (excluding diaryl/α,β-unsaturated/α-hetero) is 1. The number of aliphatic hydroxyl groups is 1. The Balaban J connectivity index is 1.57. The summed E-state index contributed by atoms with van der Waals surface area (Å²) in [4.78, 5) is 24.1. The number of ketones is 1. The molecule has 1 aliphatic rings. The van der Waals surface area contributed by atoms with Gasteiger partial charge >= 0.3 is 0 Å². The van der Waals surface area contributed by atoms with Crippen LogP contribution in [0.1, 0.15) is 89.7 Å². The number of allylic oxidation sites excluding steroid dienone is 1. The largest absolute Gasteiger partial charge is 0.467 e. The van der Waals surface area contributed by atoms with Crippen LogP contribution in [0.25, 0.3) is 0 Å². The zero-order valence-corrected chi connectivity index (χ0v) is 18.5. The molecule has 1 heterocycles. The minimum atomic E-state index is -0.383. The third kappa shape index (κ3) is 9.29. The molecule has 1 amide bonds. The number of amides is 1. The zero-order valence-electron chi connectivity index (χ0n) is 18.5. The number of aliphatic hydroxyl groups excluding tert-OH is 1. The standard InChI is InChI=1S/C25H39NO4/c1-2-3-6-10-21(27)16-14-20-15-17-24(28)23(20)12-7-4-5-8-13-25(29)26-19-22-11-9-18-30-22/h9,11,14,16,18,20-21,23,27H,2-8,10,12-13,15,17,19H2,1H3,(H,26,29). The van der Waals surface area contributed by atoms with Gasteiger partial charge in [0, 0.05) is 18.8 Å². The van der Waals surface area contributed by atoms with Crippen molar-refractivity contribution in [2.24, 2.45) is 11.8 Å². The molecule has 5 nitrogen and oxygen atoms in total. The van der Waals surface area contributed by atoms with Gasteiger partial charge in [-0.05, 0) is 43.7 Å². The Labute approximate surface area is 181 Å². The average molecular weight is 418 g/mol. The molecule has 2 rings (SSSR count). The SMILES string of the molecule is CCCCCC(O)C=CC1CCC(=O)C1CCCCCCC(=O)NCc1ccco1. The Morgan fingerprint density at radius 3 is 2.87 bits per heavy atom. The van der Waals surface area contributed by atoms with Gasteiger partial charge in [-0.15, -0.1) is 0 Å².